The van der Waals surface area contributed by atoms with Gasteiger partial charge in [-0.25, -0.2) is 4.98 Å². The zero-order valence-corrected chi connectivity index (χ0v) is 20.6. The average Bonchev–Trinajstić information content (AvgIpc) is 3.22. The van der Waals surface area contributed by atoms with Crippen molar-refractivity contribution in [2.75, 3.05) is 32.3 Å². The molecule has 0 fully saturated rings. The molecule has 2 atom stereocenters. The summed E-state index contributed by atoms with van der Waals surface area (Å²) in [5.74, 6) is -1.16. The lowest BCUT2D eigenvalue weighted by Crippen LogP contribution is -2.50. The van der Waals surface area contributed by atoms with E-state index in [2.05, 4.69) is 13.8 Å². The van der Waals surface area contributed by atoms with Gasteiger partial charge in [0.15, 0.2) is 17.4 Å². The van der Waals surface area contributed by atoms with Gasteiger partial charge in [0.05, 0.1) is 37.9 Å². The Bertz CT molecular complexity index is 1230. The molecule has 186 valence electrons. The predicted octanol–water partition coefficient (Wildman–Crippen LogP) is 3.92. The third-order valence-corrected chi connectivity index (χ3v) is 6.26. The van der Waals surface area contributed by atoms with Gasteiger partial charge in [-0.2, -0.15) is 0 Å². The fourth-order valence-electron chi connectivity index (χ4n) is 4.53. The Hall–Kier alpha value is -3.75. The predicted molar refractivity (Wildman–Crippen MR) is 131 cm³/mol. The Balaban J connectivity index is 2.01. The number of fused-ring (bicyclic) bond motifs is 3. The van der Waals surface area contributed by atoms with Crippen LogP contribution in [0, 0.1) is 11.8 Å². The summed E-state index contributed by atoms with van der Waals surface area (Å²) >= 11 is 0. The zero-order valence-electron chi connectivity index (χ0n) is 20.6. The first-order chi connectivity index (χ1) is 16.8. The molecule has 1 amide bonds. The van der Waals surface area contributed by atoms with Gasteiger partial charge in [0.25, 0.3) is 0 Å². The smallest absolute Gasteiger partial charge is 0.321 e. The summed E-state index contributed by atoms with van der Waals surface area (Å²) < 4.78 is 18.0. The second-order valence-corrected chi connectivity index (χ2v) is 8.89. The number of phenolic OH excluding ortho intramolecular Hbond substituents is 1. The first-order valence-electron chi connectivity index (χ1n) is 11.7. The molecule has 1 aliphatic heterocycles. The quantitative estimate of drug-likeness (QED) is 0.384. The van der Waals surface area contributed by atoms with E-state index in [0.29, 0.717) is 29.5 Å². The second-order valence-electron chi connectivity index (χ2n) is 8.89. The van der Waals surface area contributed by atoms with Crippen molar-refractivity contribution in [2.45, 2.75) is 33.2 Å². The van der Waals surface area contributed by atoms with E-state index in [-0.39, 0.29) is 29.8 Å². The SMILES string of the molecule is CCOC(=O)[C@H]1C(=O)N(CCC(C)C)c2nc3ccccc3n2[C@H]1c1cc(OC)c(O)c(OC)c1. The van der Waals surface area contributed by atoms with E-state index in [0.717, 1.165) is 11.9 Å². The van der Waals surface area contributed by atoms with E-state index in [1.807, 2.05) is 28.8 Å². The standard InChI is InChI=1S/C26H31N3O6/c1-6-35-25(32)21-22(16-13-19(33-4)23(30)20(14-16)34-5)29-18-10-8-7-9-17(18)27-26(29)28(24(21)31)12-11-15(2)3/h7-10,13-15,21-22,30H,6,11-12H2,1-5H3/t21-,22+/m1/s1. The second kappa shape index (κ2) is 9.85. The Labute approximate surface area is 204 Å². The Kier molecular flexibility index (Phi) is 6.86. The first kappa shape index (κ1) is 24.4. The zero-order chi connectivity index (χ0) is 25.3. The maximum absolute atomic E-state index is 13.9. The largest absolute Gasteiger partial charge is 0.502 e. The molecular weight excluding hydrogens is 450 g/mol. The number of phenols is 1. The number of carbonyl (C=O) groups excluding carboxylic acids is 2. The number of rotatable bonds is 8. The highest BCUT2D eigenvalue weighted by molar-refractivity contribution is 6.08. The summed E-state index contributed by atoms with van der Waals surface area (Å²) in [4.78, 5) is 33.6. The minimum atomic E-state index is -1.16. The van der Waals surface area contributed by atoms with Crippen LogP contribution in [-0.4, -0.2) is 53.9 Å². The number of nitrogens with zero attached hydrogens (tertiary/aromatic N) is 3. The average molecular weight is 482 g/mol. The van der Waals surface area contributed by atoms with Crippen LogP contribution in [0.2, 0.25) is 0 Å². The fourth-order valence-corrected chi connectivity index (χ4v) is 4.53. The first-order valence-corrected chi connectivity index (χ1v) is 11.7. The molecule has 0 saturated heterocycles. The molecule has 0 aliphatic carbocycles. The van der Waals surface area contributed by atoms with Crippen LogP contribution in [-0.2, 0) is 14.3 Å². The third-order valence-electron chi connectivity index (χ3n) is 6.26. The van der Waals surface area contributed by atoms with Crippen molar-refractivity contribution in [3.05, 3.63) is 42.0 Å². The number of esters is 1. The topological polar surface area (TPSA) is 103 Å². The lowest BCUT2D eigenvalue weighted by atomic mass is 9.88. The maximum Gasteiger partial charge on any atom is 0.321 e. The van der Waals surface area contributed by atoms with Crippen LogP contribution in [0.5, 0.6) is 17.2 Å². The number of para-hydroxylation sites is 2. The number of hydrogen-bond acceptors (Lipinski definition) is 7. The normalized spacial score (nSPS) is 17.5. The molecule has 0 saturated carbocycles. The molecule has 0 radical (unpaired) electrons. The van der Waals surface area contributed by atoms with Crippen LogP contribution in [0.25, 0.3) is 11.0 Å². The van der Waals surface area contributed by atoms with Crippen molar-refractivity contribution in [2.24, 2.45) is 11.8 Å². The van der Waals surface area contributed by atoms with Crippen molar-refractivity contribution >= 4 is 28.9 Å². The highest BCUT2D eigenvalue weighted by atomic mass is 16.5. The van der Waals surface area contributed by atoms with E-state index < -0.39 is 17.9 Å². The van der Waals surface area contributed by atoms with Crippen LogP contribution in [0.15, 0.2) is 36.4 Å². The van der Waals surface area contributed by atoms with Gasteiger partial charge in [-0.15, -0.1) is 0 Å². The number of carbonyl (C=O) groups is 2. The van der Waals surface area contributed by atoms with Gasteiger partial charge < -0.3 is 23.9 Å². The van der Waals surface area contributed by atoms with E-state index in [1.165, 1.54) is 14.2 Å². The Morgan fingerprint density at radius 1 is 1.14 bits per heavy atom. The molecule has 0 bridgehead atoms. The molecule has 0 unspecified atom stereocenters. The molecule has 0 spiro atoms. The van der Waals surface area contributed by atoms with Gasteiger partial charge in [0, 0.05) is 6.54 Å². The van der Waals surface area contributed by atoms with Crippen molar-refractivity contribution in [1.29, 1.82) is 0 Å². The minimum Gasteiger partial charge on any atom is -0.502 e. The molecule has 1 N–H and O–H groups in total. The number of amides is 1. The molecule has 9 nitrogen and oxygen atoms in total. The van der Waals surface area contributed by atoms with Crippen LogP contribution in [0.3, 0.4) is 0 Å². The van der Waals surface area contributed by atoms with E-state index >= 15 is 0 Å². The number of ether oxygens (including phenoxy) is 3. The Morgan fingerprint density at radius 3 is 2.40 bits per heavy atom. The van der Waals surface area contributed by atoms with Gasteiger partial charge in [-0.3, -0.25) is 14.5 Å². The summed E-state index contributed by atoms with van der Waals surface area (Å²) in [6.45, 7) is 6.43. The molecule has 35 heavy (non-hydrogen) atoms. The van der Waals surface area contributed by atoms with Crippen molar-refractivity contribution in [3.8, 4) is 17.2 Å². The van der Waals surface area contributed by atoms with Gasteiger partial charge in [-0.1, -0.05) is 26.0 Å². The number of hydrogen-bond donors (Lipinski definition) is 1. The summed E-state index contributed by atoms with van der Waals surface area (Å²) in [7, 11) is 2.86. The number of aromatic nitrogens is 2. The minimum absolute atomic E-state index is 0.140. The molecule has 3 aromatic rings. The van der Waals surface area contributed by atoms with E-state index in [9.17, 15) is 14.7 Å². The lowest BCUT2D eigenvalue weighted by molar-refractivity contribution is -0.153. The van der Waals surface area contributed by atoms with Gasteiger partial charge in [0.1, 0.15) is 0 Å². The maximum atomic E-state index is 13.9. The summed E-state index contributed by atoms with van der Waals surface area (Å²) in [5.41, 5.74) is 2.03. The lowest BCUT2D eigenvalue weighted by Gasteiger charge is -2.38. The molecule has 1 aliphatic rings. The summed E-state index contributed by atoms with van der Waals surface area (Å²) in [6, 6.07) is 10.00. The molecule has 9 heteroatoms. The van der Waals surface area contributed by atoms with Crippen LogP contribution in [0.4, 0.5) is 5.95 Å². The van der Waals surface area contributed by atoms with Crippen LogP contribution in [0.1, 0.15) is 38.8 Å². The number of anilines is 1. The number of benzene rings is 2. The van der Waals surface area contributed by atoms with Gasteiger partial charge in [0.2, 0.25) is 17.6 Å². The van der Waals surface area contributed by atoms with Crippen molar-refractivity contribution < 1.29 is 28.9 Å². The monoisotopic (exact) mass is 481 g/mol. The van der Waals surface area contributed by atoms with Crippen LogP contribution >= 0.6 is 0 Å². The molecule has 1 aromatic heterocycles. The van der Waals surface area contributed by atoms with E-state index in [1.54, 1.807) is 24.0 Å². The van der Waals surface area contributed by atoms with Gasteiger partial charge >= 0.3 is 5.97 Å². The molecular formula is C26H31N3O6. The third kappa shape index (κ3) is 4.26. The van der Waals surface area contributed by atoms with E-state index in [4.69, 9.17) is 19.2 Å². The Morgan fingerprint density at radius 2 is 1.80 bits per heavy atom. The van der Waals surface area contributed by atoms with Crippen LogP contribution < -0.4 is 14.4 Å². The summed E-state index contributed by atoms with van der Waals surface area (Å²) in [6.07, 6.45) is 0.746. The number of methoxy groups -OCH3 is 2. The number of imidazole rings is 1. The van der Waals surface area contributed by atoms with Gasteiger partial charge in [-0.05, 0) is 49.1 Å². The highest BCUT2D eigenvalue weighted by Gasteiger charge is 2.48. The van der Waals surface area contributed by atoms with Crippen molar-refractivity contribution in [1.82, 2.24) is 9.55 Å². The molecule has 4 rings (SSSR count). The highest BCUT2D eigenvalue weighted by Crippen LogP contribution is 2.46. The molecule has 2 aromatic carbocycles. The number of aromatic hydroxyl groups is 1. The summed E-state index contributed by atoms with van der Waals surface area (Å²) in [5, 5.41) is 10.5. The fraction of sp³-hybridized carbons (Fsp3) is 0.423. The molecule has 2 heterocycles. The van der Waals surface area contributed by atoms with Crippen molar-refractivity contribution in [3.63, 3.8) is 0 Å².